The maximum atomic E-state index is 13.8. The maximum absolute atomic E-state index is 13.8. The van der Waals surface area contributed by atoms with Crippen molar-refractivity contribution in [1.29, 1.82) is 0 Å². The summed E-state index contributed by atoms with van der Waals surface area (Å²) >= 11 is 1.21. The van der Waals surface area contributed by atoms with Gasteiger partial charge in [-0.2, -0.15) is 4.31 Å². The number of thiazole rings is 1. The molecular formula is C28H33N5O5S2. The number of carbonyl (C=O) groups is 1. The third-order valence-electron chi connectivity index (χ3n) is 6.13. The third kappa shape index (κ3) is 7.75. The first-order valence-electron chi connectivity index (χ1n) is 12.8. The highest BCUT2D eigenvalue weighted by atomic mass is 32.2. The van der Waals surface area contributed by atoms with Crippen LogP contribution in [0.5, 0.6) is 0 Å². The summed E-state index contributed by atoms with van der Waals surface area (Å²) in [6.07, 6.45) is 1.53. The van der Waals surface area contributed by atoms with Crippen molar-refractivity contribution in [3.05, 3.63) is 84.2 Å². The predicted octanol–water partition coefficient (Wildman–Crippen LogP) is 3.82. The van der Waals surface area contributed by atoms with Crippen LogP contribution in [0.3, 0.4) is 0 Å². The Balaban J connectivity index is 1.55. The Morgan fingerprint density at radius 1 is 1.10 bits per heavy atom. The minimum atomic E-state index is -3.99. The molecule has 2 atom stereocenters. The van der Waals surface area contributed by atoms with E-state index in [-0.39, 0.29) is 36.9 Å². The fourth-order valence-electron chi connectivity index (χ4n) is 4.22. The predicted molar refractivity (Wildman–Crippen MR) is 155 cm³/mol. The van der Waals surface area contributed by atoms with Gasteiger partial charge in [-0.05, 0) is 42.2 Å². The number of pyridine rings is 1. The number of aliphatic hydroxyl groups excluding tert-OH is 1. The summed E-state index contributed by atoms with van der Waals surface area (Å²) in [4.78, 5) is 21.0. The van der Waals surface area contributed by atoms with Crippen molar-refractivity contribution in [1.82, 2.24) is 19.6 Å². The van der Waals surface area contributed by atoms with Gasteiger partial charge in [0.15, 0.2) is 5.13 Å². The van der Waals surface area contributed by atoms with Gasteiger partial charge < -0.3 is 20.9 Å². The number of carbonyl (C=O) groups excluding carboxylic acids is 1. The number of aromatic nitrogens is 2. The quantitative estimate of drug-likeness (QED) is 0.228. The molecule has 0 unspecified atom stereocenters. The first-order chi connectivity index (χ1) is 19.1. The molecule has 40 heavy (non-hydrogen) atoms. The number of benzene rings is 2. The van der Waals surface area contributed by atoms with Crippen LogP contribution in [0.15, 0.2) is 78.0 Å². The number of amides is 1. The summed E-state index contributed by atoms with van der Waals surface area (Å²) in [6, 6.07) is 16.7. The van der Waals surface area contributed by atoms with Gasteiger partial charge >= 0.3 is 6.09 Å². The number of nitrogens with two attached hydrogens (primary N) is 1. The Bertz CT molecular complexity index is 1510. The Hall–Kier alpha value is -3.58. The van der Waals surface area contributed by atoms with E-state index in [1.54, 1.807) is 36.7 Å². The summed E-state index contributed by atoms with van der Waals surface area (Å²) in [5.41, 5.74) is 8.00. The lowest BCUT2D eigenvalue weighted by Gasteiger charge is -2.30. The molecule has 2 aromatic carbocycles. The standard InChI is InChI=1S/C28H33N5O5S2/c1-19(2)16-33(40(36,37)22-10-11-23-26(14-22)39-27(29)31-23)17-25(34)24(13-20-7-4-3-5-8-20)32-28(35)38-18-21-9-6-12-30-15-21/h3-12,14-15,19,24-25,34H,13,16-18H2,1-2H3,(H2,29,31)(H,32,35)/t24-,25-/m0/s1. The van der Waals surface area contributed by atoms with Crippen LogP contribution in [0.4, 0.5) is 9.93 Å². The molecule has 212 valence electrons. The largest absolute Gasteiger partial charge is 0.445 e. The lowest BCUT2D eigenvalue weighted by Crippen LogP contribution is -2.51. The first kappa shape index (κ1) is 29.4. The molecule has 0 radical (unpaired) electrons. The van der Waals surface area contributed by atoms with Crippen LogP contribution in [-0.2, 0) is 27.8 Å². The van der Waals surface area contributed by atoms with E-state index in [0.717, 1.165) is 5.56 Å². The van der Waals surface area contributed by atoms with Crippen LogP contribution >= 0.6 is 11.3 Å². The van der Waals surface area contributed by atoms with Crippen molar-refractivity contribution in [3.8, 4) is 0 Å². The molecule has 0 spiro atoms. The third-order valence-corrected chi connectivity index (χ3v) is 8.81. The molecule has 2 heterocycles. The highest BCUT2D eigenvalue weighted by Crippen LogP contribution is 2.28. The molecule has 12 heteroatoms. The number of hydrogen-bond donors (Lipinski definition) is 3. The molecule has 0 saturated heterocycles. The highest BCUT2D eigenvalue weighted by molar-refractivity contribution is 7.89. The lowest BCUT2D eigenvalue weighted by molar-refractivity contribution is 0.0873. The molecule has 10 nitrogen and oxygen atoms in total. The zero-order chi connectivity index (χ0) is 28.7. The summed E-state index contributed by atoms with van der Waals surface area (Å²) in [5.74, 6) is -0.0188. The van der Waals surface area contributed by atoms with E-state index in [1.165, 1.54) is 21.7 Å². The Morgan fingerprint density at radius 2 is 1.85 bits per heavy atom. The van der Waals surface area contributed by atoms with Gasteiger partial charge in [0.1, 0.15) is 6.61 Å². The summed E-state index contributed by atoms with van der Waals surface area (Å²) in [5, 5.41) is 14.5. The number of aliphatic hydroxyl groups is 1. The second-order valence-electron chi connectivity index (χ2n) is 9.84. The summed E-state index contributed by atoms with van der Waals surface area (Å²) < 4.78 is 34.8. The van der Waals surface area contributed by atoms with Gasteiger partial charge in [0, 0.05) is 31.0 Å². The zero-order valence-electron chi connectivity index (χ0n) is 22.3. The number of fused-ring (bicyclic) bond motifs is 1. The molecule has 0 aliphatic rings. The number of anilines is 1. The minimum Gasteiger partial charge on any atom is -0.445 e. The van der Waals surface area contributed by atoms with E-state index in [2.05, 4.69) is 15.3 Å². The van der Waals surface area contributed by atoms with Crippen LogP contribution in [0.25, 0.3) is 10.2 Å². The molecule has 0 aliphatic carbocycles. The number of nitrogen functional groups attached to an aromatic ring is 1. The topological polar surface area (TPSA) is 148 Å². The number of sulfonamides is 1. The van der Waals surface area contributed by atoms with E-state index in [4.69, 9.17) is 10.5 Å². The number of rotatable bonds is 12. The van der Waals surface area contributed by atoms with Crippen LogP contribution in [-0.4, -0.2) is 59.1 Å². The minimum absolute atomic E-state index is 0.00620. The van der Waals surface area contributed by atoms with Gasteiger partial charge in [0.05, 0.1) is 27.3 Å². The van der Waals surface area contributed by atoms with E-state index in [1.807, 2.05) is 44.2 Å². The number of alkyl carbamates (subject to hydrolysis) is 1. The number of nitrogens with one attached hydrogen (secondary N) is 1. The van der Waals surface area contributed by atoms with E-state index < -0.39 is 28.3 Å². The molecule has 4 aromatic rings. The molecule has 2 aromatic heterocycles. The Morgan fingerprint density at radius 3 is 2.55 bits per heavy atom. The average molecular weight is 584 g/mol. The molecule has 4 rings (SSSR count). The highest BCUT2D eigenvalue weighted by Gasteiger charge is 2.32. The molecule has 0 saturated carbocycles. The van der Waals surface area contributed by atoms with Crippen molar-refractivity contribution < 1.29 is 23.1 Å². The second kappa shape index (κ2) is 13.2. The summed E-state index contributed by atoms with van der Waals surface area (Å²) in [7, 11) is -3.99. The maximum Gasteiger partial charge on any atom is 0.407 e. The van der Waals surface area contributed by atoms with Crippen LogP contribution in [0.1, 0.15) is 25.0 Å². The normalized spacial score (nSPS) is 13.4. The summed E-state index contributed by atoms with van der Waals surface area (Å²) in [6.45, 7) is 3.75. The van der Waals surface area contributed by atoms with Gasteiger partial charge in [-0.1, -0.05) is 61.6 Å². The van der Waals surface area contributed by atoms with Gasteiger partial charge in [0.2, 0.25) is 10.0 Å². The fraction of sp³-hybridized carbons (Fsp3) is 0.321. The molecule has 4 N–H and O–H groups in total. The van der Waals surface area contributed by atoms with Gasteiger partial charge in [-0.25, -0.2) is 18.2 Å². The Kier molecular flexibility index (Phi) is 9.69. The van der Waals surface area contributed by atoms with E-state index in [0.29, 0.717) is 20.9 Å². The SMILES string of the molecule is CC(C)CN(C[C@H](O)[C@H](Cc1ccccc1)NC(=O)OCc1cccnc1)S(=O)(=O)c1ccc2nc(N)sc2c1. The van der Waals surface area contributed by atoms with Gasteiger partial charge in [-0.3, -0.25) is 4.98 Å². The second-order valence-corrected chi connectivity index (χ2v) is 12.8. The van der Waals surface area contributed by atoms with Crippen LogP contribution < -0.4 is 11.1 Å². The fourth-order valence-corrected chi connectivity index (χ4v) is 6.72. The van der Waals surface area contributed by atoms with Crippen molar-refractivity contribution >= 4 is 42.8 Å². The first-order valence-corrected chi connectivity index (χ1v) is 15.1. The number of nitrogens with zero attached hydrogens (tertiary/aromatic N) is 3. The molecule has 0 bridgehead atoms. The van der Waals surface area contributed by atoms with Gasteiger partial charge in [0.25, 0.3) is 0 Å². The number of hydrogen-bond acceptors (Lipinski definition) is 9. The average Bonchev–Trinajstić information content (AvgIpc) is 3.31. The molecule has 0 fully saturated rings. The van der Waals surface area contributed by atoms with Gasteiger partial charge in [-0.15, -0.1) is 0 Å². The van der Waals surface area contributed by atoms with E-state index >= 15 is 0 Å². The molecule has 1 amide bonds. The Labute approximate surface area is 237 Å². The van der Waals surface area contributed by atoms with Crippen molar-refractivity contribution in [2.75, 3.05) is 18.8 Å². The lowest BCUT2D eigenvalue weighted by atomic mass is 10.0. The van der Waals surface area contributed by atoms with Crippen LogP contribution in [0.2, 0.25) is 0 Å². The van der Waals surface area contributed by atoms with Crippen molar-refractivity contribution in [2.24, 2.45) is 5.92 Å². The number of ether oxygens (including phenoxy) is 1. The van der Waals surface area contributed by atoms with E-state index in [9.17, 15) is 18.3 Å². The molecular weight excluding hydrogens is 550 g/mol. The molecule has 0 aliphatic heterocycles. The zero-order valence-corrected chi connectivity index (χ0v) is 23.9. The smallest absolute Gasteiger partial charge is 0.407 e. The van der Waals surface area contributed by atoms with Crippen molar-refractivity contribution in [2.45, 2.75) is 43.9 Å². The monoisotopic (exact) mass is 583 g/mol. The van der Waals surface area contributed by atoms with Crippen molar-refractivity contribution in [3.63, 3.8) is 0 Å². The van der Waals surface area contributed by atoms with Crippen LogP contribution in [0, 0.1) is 5.92 Å².